The molecule has 5 heteroatoms. The molecule has 0 bridgehead atoms. The summed E-state index contributed by atoms with van der Waals surface area (Å²) < 4.78 is 0. The molecule has 1 heterocycles. The van der Waals surface area contributed by atoms with Gasteiger partial charge in [-0.15, -0.1) is 0 Å². The van der Waals surface area contributed by atoms with Crippen LogP contribution in [0.3, 0.4) is 0 Å². The zero-order valence-electron chi connectivity index (χ0n) is 15.9. The third kappa shape index (κ3) is 4.89. The second-order valence-corrected chi connectivity index (χ2v) is 6.56. The van der Waals surface area contributed by atoms with Crippen LogP contribution in [0.5, 0.6) is 5.75 Å². The number of aromatic nitrogens is 1. The van der Waals surface area contributed by atoms with E-state index in [4.69, 9.17) is 0 Å². The largest absolute Gasteiger partial charge is 0.506 e. The zero-order chi connectivity index (χ0) is 18.5. The van der Waals surface area contributed by atoms with Gasteiger partial charge in [-0.2, -0.15) is 0 Å². The van der Waals surface area contributed by atoms with Gasteiger partial charge in [-0.3, -0.25) is 9.59 Å². The Kier molecular flexibility index (Phi) is 7.84. The predicted molar refractivity (Wildman–Crippen MR) is 110 cm³/mol. The number of hydrogen-bond donors (Lipinski definition) is 2. The molecule has 27 heavy (non-hydrogen) atoms. The van der Waals surface area contributed by atoms with Gasteiger partial charge in [0.2, 0.25) is 5.78 Å². The van der Waals surface area contributed by atoms with E-state index < -0.39 is 11.3 Å². The Morgan fingerprint density at radius 1 is 1.04 bits per heavy atom. The van der Waals surface area contributed by atoms with E-state index in [0.717, 1.165) is 18.4 Å². The van der Waals surface area contributed by atoms with Gasteiger partial charge in [0.15, 0.2) is 0 Å². The van der Waals surface area contributed by atoms with Crippen LogP contribution in [0.2, 0.25) is 0 Å². The minimum Gasteiger partial charge on any atom is -0.506 e. The van der Waals surface area contributed by atoms with Crippen LogP contribution in [0.1, 0.15) is 54.1 Å². The molecule has 3 aromatic rings. The number of ketones is 1. The minimum atomic E-state index is -0.570. The molecule has 0 unspecified atom stereocenters. The molecule has 1 aromatic heterocycles. The van der Waals surface area contributed by atoms with Crippen LogP contribution in [0.25, 0.3) is 10.9 Å². The van der Waals surface area contributed by atoms with E-state index in [-0.39, 0.29) is 40.9 Å². The number of pyridine rings is 1. The average molecular weight is 372 g/mol. The number of fused-ring (bicyclic) bond motifs is 1. The summed E-state index contributed by atoms with van der Waals surface area (Å²) in [5, 5.41) is 11.2. The van der Waals surface area contributed by atoms with Gasteiger partial charge in [0, 0.05) is 40.5 Å². The molecule has 0 aliphatic rings. The van der Waals surface area contributed by atoms with Crippen LogP contribution in [0.4, 0.5) is 0 Å². The number of H-pyrrole nitrogens is 1. The molecular formula is C22H23NNaO3. The molecule has 0 spiro atoms. The fourth-order valence-electron chi connectivity index (χ4n) is 3.18. The third-order valence-electron chi connectivity index (χ3n) is 4.63. The Balaban J connectivity index is 0.00000261. The van der Waals surface area contributed by atoms with Crippen molar-refractivity contribution in [3.63, 3.8) is 0 Å². The third-order valence-corrected chi connectivity index (χ3v) is 4.63. The van der Waals surface area contributed by atoms with Crippen LogP contribution in [-0.4, -0.2) is 45.4 Å². The van der Waals surface area contributed by atoms with Crippen LogP contribution in [0.15, 0.2) is 53.3 Å². The second kappa shape index (κ2) is 9.88. The fraction of sp³-hybridized carbons (Fsp3) is 0.273. The molecule has 135 valence electrons. The van der Waals surface area contributed by atoms with Gasteiger partial charge < -0.3 is 10.1 Å². The van der Waals surface area contributed by atoms with Crippen molar-refractivity contribution in [2.75, 3.05) is 0 Å². The molecule has 3 rings (SSSR count). The van der Waals surface area contributed by atoms with Crippen LogP contribution in [0, 0.1) is 0 Å². The number of carbonyl (C=O) groups excluding carboxylic acids is 1. The van der Waals surface area contributed by atoms with E-state index in [9.17, 15) is 14.7 Å². The molecule has 0 aliphatic heterocycles. The van der Waals surface area contributed by atoms with Crippen molar-refractivity contribution < 1.29 is 9.90 Å². The van der Waals surface area contributed by atoms with Gasteiger partial charge >= 0.3 is 0 Å². The van der Waals surface area contributed by atoms with Gasteiger partial charge in [-0.05, 0) is 30.5 Å². The summed E-state index contributed by atoms with van der Waals surface area (Å²) >= 11 is 0. The first kappa shape index (κ1) is 21.4. The van der Waals surface area contributed by atoms with E-state index in [0.29, 0.717) is 16.5 Å². The summed E-state index contributed by atoms with van der Waals surface area (Å²) in [4.78, 5) is 27.8. The fourth-order valence-corrected chi connectivity index (χ4v) is 3.18. The van der Waals surface area contributed by atoms with Crippen LogP contribution < -0.4 is 5.56 Å². The van der Waals surface area contributed by atoms with E-state index in [1.165, 1.54) is 19.3 Å². The molecule has 0 saturated heterocycles. The molecule has 2 aromatic carbocycles. The number of benzene rings is 2. The first-order valence-corrected chi connectivity index (χ1v) is 9.09. The van der Waals surface area contributed by atoms with E-state index in [1.54, 1.807) is 36.4 Å². The normalized spacial score (nSPS) is 10.6. The number of unbranched alkanes of at least 4 members (excludes halogenated alkanes) is 3. The first-order valence-electron chi connectivity index (χ1n) is 9.09. The molecule has 4 nitrogen and oxygen atoms in total. The van der Waals surface area contributed by atoms with Crippen molar-refractivity contribution in [3.8, 4) is 5.75 Å². The van der Waals surface area contributed by atoms with Gasteiger partial charge in [-0.25, -0.2) is 0 Å². The molecule has 0 aliphatic carbocycles. The molecule has 0 amide bonds. The summed E-state index contributed by atoms with van der Waals surface area (Å²) in [6.45, 7) is 2.18. The van der Waals surface area contributed by atoms with Gasteiger partial charge in [0.05, 0.1) is 5.52 Å². The maximum atomic E-state index is 12.7. The van der Waals surface area contributed by atoms with Crippen LogP contribution in [-0.2, 0) is 6.42 Å². The van der Waals surface area contributed by atoms with Crippen molar-refractivity contribution in [2.24, 2.45) is 0 Å². The second-order valence-electron chi connectivity index (χ2n) is 6.56. The molecule has 0 fully saturated rings. The molecule has 1 radical (unpaired) electrons. The smallest absolute Gasteiger partial charge is 0.263 e. The van der Waals surface area contributed by atoms with Crippen LogP contribution >= 0.6 is 0 Å². The quantitative estimate of drug-likeness (QED) is 0.371. The standard InChI is InChI=1S/C22H23NO3.Na/c1-2-3-4-6-9-15-12-13-18-17(14-15)21(25)19(22(26)23-18)20(24)16-10-7-5-8-11-16;/h5,7-8,10-14H,2-4,6,9H2,1H3,(H2,23,25,26);. The monoisotopic (exact) mass is 372 g/mol. The van der Waals surface area contributed by atoms with Crippen molar-refractivity contribution in [3.05, 3.63) is 75.6 Å². The Labute approximate surface area is 180 Å². The number of hydrogen-bond acceptors (Lipinski definition) is 3. The summed E-state index contributed by atoms with van der Waals surface area (Å²) in [5.41, 5.74) is 1.23. The van der Waals surface area contributed by atoms with Gasteiger partial charge in [0.25, 0.3) is 5.56 Å². The predicted octanol–water partition coefficient (Wildman–Crippen LogP) is 4.21. The summed E-state index contributed by atoms with van der Waals surface area (Å²) in [6, 6.07) is 14.2. The molecule has 0 atom stereocenters. The van der Waals surface area contributed by atoms with Crippen molar-refractivity contribution in [1.82, 2.24) is 4.98 Å². The topological polar surface area (TPSA) is 70.2 Å². The SMILES string of the molecule is CCCCCCc1ccc2[nH]c(=O)c(C(=O)c3ccccc3)c(O)c2c1.[Na]. The van der Waals surface area contributed by atoms with Crippen molar-refractivity contribution >= 4 is 46.2 Å². The van der Waals surface area contributed by atoms with Crippen molar-refractivity contribution in [1.29, 1.82) is 0 Å². The summed E-state index contributed by atoms with van der Waals surface area (Å²) in [5.74, 6) is -0.715. The Morgan fingerprint density at radius 2 is 1.78 bits per heavy atom. The Hall–Kier alpha value is -1.88. The van der Waals surface area contributed by atoms with Crippen molar-refractivity contribution in [2.45, 2.75) is 39.0 Å². The number of carbonyl (C=O) groups is 1. The van der Waals surface area contributed by atoms with Gasteiger partial charge in [-0.1, -0.05) is 62.6 Å². The minimum absolute atomic E-state index is 0. The summed E-state index contributed by atoms with van der Waals surface area (Å²) in [6.07, 6.45) is 5.56. The van der Waals surface area contributed by atoms with Gasteiger partial charge in [0.1, 0.15) is 11.3 Å². The van der Waals surface area contributed by atoms with E-state index in [1.807, 2.05) is 12.1 Å². The number of aromatic hydroxyl groups is 1. The Morgan fingerprint density at radius 3 is 2.48 bits per heavy atom. The zero-order valence-corrected chi connectivity index (χ0v) is 17.9. The average Bonchev–Trinajstić information content (AvgIpc) is 2.66. The van der Waals surface area contributed by atoms with E-state index in [2.05, 4.69) is 11.9 Å². The van der Waals surface area contributed by atoms with E-state index >= 15 is 0 Å². The number of nitrogens with one attached hydrogen (secondary N) is 1. The number of aromatic amines is 1. The first-order chi connectivity index (χ1) is 12.6. The number of aryl methyl sites for hydroxylation is 1. The molecular weight excluding hydrogens is 349 g/mol. The maximum absolute atomic E-state index is 12.7. The Bertz CT molecular complexity index is 980. The summed E-state index contributed by atoms with van der Waals surface area (Å²) in [7, 11) is 0. The molecule has 2 N–H and O–H groups in total. The molecule has 0 saturated carbocycles. The maximum Gasteiger partial charge on any atom is 0.263 e. The number of rotatable bonds is 7.